The van der Waals surface area contributed by atoms with Gasteiger partial charge in [-0.25, -0.2) is 0 Å². The van der Waals surface area contributed by atoms with Crippen molar-refractivity contribution in [1.29, 1.82) is 0 Å². The van der Waals surface area contributed by atoms with Crippen molar-refractivity contribution in [3.8, 4) is 0 Å². The van der Waals surface area contributed by atoms with Gasteiger partial charge in [0.15, 0.2) is 0 Å². The number of hydrogen-bond donors (Lipinski definition) is 2. The minimum Gasteiger partial charge on any atom is -0.388 e. The van der Waals surface area contributed by atoms with Gasteiger partial charge >= 0.3 is 0 Å². The van der Waals surface area contributed by atoms with E-state index < -0.39 is 6.10 Å². The molecule has 0 aliphatic carbocycles. The number of halogens is 1. The molecule has 1 atom stereocenters. The third kappa shape index (κ3) is 1.74. The van der Waals surface area contributed by atoms with Gasteiger partial charge in [-0.05, 0) is 24.6 Å². The van der Waals surface area contributed by atoms with Crippen molar-refractivity contribution in [2.75, 3.05) is 5.32 Å². The summed E-state index contributed by atoms with van der Waals surface area (Å²) in [5, 5.41) is 13.0. The molecule has 74 valence electrons. The standard InChI is InChI=1S/C10H10ClNO2/c11-6-1-2-8-7(5-6)9(13)3-4-10(14)12-8/h1-2,5,9,13H,3-4H2,(H,12,14). The van der Waals surface area contributed by atoms with E-state index in [1.807, 2.05) is 0 Å². The van der Waals surface area contributed by atoms with Crippen LogP contribution in [0.25, 0.3) is 0 Å². The van der Waals surface area contributed by atoms with E-state index in [2.05, 4.69) is 5.32 Å². The number of aliphatic hydroxyl groups is 1. The molecule has 1 aliphatic rings. The lowest BCUT2D eigenvalue weighted by Crippen LogP contribution is -2.08. The zero-order valence-corrected chi connectivity index (χ0v) is 8.21. The zero-order chi connectivity index (χ0) is 10.1. The van der Waals surface area contributed by atoms with Crippen LogP contribution in [0.1, 0.15) is 24.5 Å². The predicted octanol–water partition coefficient (Wildman–Crippen LogP) is 2.11. The summed E-state index contributed by atoms with van der Waals surface area (Å²) in [6.45, 7) is 0. The molecular formula is C10H10ClNO2. The number of benzene rings is 1. The third-order valence-corrected chi connectivity index (χ3v) is 2.53. The van der Waals surface area contributed by atoms with E-state index in [4.69, 9.17) is 11.6 Å². The lowest BCUT2D eigenvalue weighted by atomic mass is 10.1. The largest absolute Gasteiger partial charge is 0.388 e. The highest BCUT2D eigenvalue weighted by atomic mass is 35.5. The summed E-state index contributed by atoms with van der Waals surface area (Å²) in [4.78, 5) is 11.2. The fraction of sp³-hybridized carbons (Fsp3) is 0.300. The zero-order valence-electron chi connectivity index (χ0n) is 7.46. The van der Waals surface area contributed by atoms with Crippen molar-refractivity contribution in [1.82, 2.24) is 0 Å². The summed E-state index contributed by atoms with van der Waals surface area (Å²) in [7, 11) is 0. The van der Waals surface area contributed by atoms with Gasteiger partial charge in [-0.1, -0.05) is 11.6 Å². The molecule has 14 heavy (non-hydrogen) atoms. The summed E-state index contributed by atoms with van der Waals surface area (Å²) >= 11 is 5.81. The van der Waals surface area contributed by atoms with Crippen LogP contribution in [-0.4, -0.2) is 11.0 Å². The predicted molar refractivity (Wildman–Crippen MR) is 54.3 cm³/mol. The Labute approximate surface area is 86.7 Å². The Hall–Kier alpha value is -1.06. The SMILES string of the molecule is O=C1CCC(O)c2cc(Cl)ccc2N1. The Morgan fingerprint density at radius 3 is 3.07 bits per heavy atom. The average Bonchev–Trinajstić information content (AvgIpc) is 2.29. The number of amides is 1. The van der Waals surface area contributed by atoms with Crippen LogP contribution in [0, 0.1) is 0 Å². The molecule has 1 unspecified atom stereocenters. The van der Waals surface area contributed by atoms with Crippen LogP contribution >= 0.6 is 11.6 Å². The molecule has 0 fully saturated rings. The molecule has 3 nitrogen and oxygen atoms in total. The second kappa shape index (κ2) is 3.59. The van der Waals surface area contributed by atoms with Crippen molar-refractivity contribution in [3.05, 3.63) is 28.8 Å². The highest BCUT2D eigenvalue weighted by molar-refractivity contribution is 6.30. The van der Waals surface area contributed by atoms with Gasteiger partial charge in [0, 0.05) is 22.7 Å². The van der Waals surface area contributed by atoms with Gasteiger partial charge in [-0.2, -0.15) is 0 Å². The monoisotopic (exact) mass is 211 g/mol. The van der Waals surface area contributed by atoms with E-state index in [9.17, 15) is 9.90 Å². The maximum absolute atomic E-state index is 11.2. The van der Waals surface area contributed by atoms with E-state index in [1.54, 1.807) is 18.2 Å². The van der Waals surface area contributed by atoms with Gasteiger partial charge in [0.1, 0.15) is 0 Å². The molecular weight excluding hydrogens is 202 g/mol. The second-order valence-corrected chi connectivity index (χ2v) is 3.77. The number of aliphatic hydroxyl groups excluding tert-OH is 1. The first-order valence-electron chi connectivity index (χ1n) is 4.44. The van der Waals surface area contributed by atoms with E-state index in [0.29, 0.717) is 29.1 Å². The van der Waals surface area contributed by atoms with Crippen LogP contribution in [-0.2, 0) is 4.79 Å². The van der Waals surface area contributed by atoms with E-state index in [1.165, 1.54) is 0 Å². The van der Waals surface area contributed by atoms with Gasteiger partial charge in [-0.15, -0.1) is 0 Å². The molecule has 4 heteroatoms. The Bertz CT molecular complexity index is 378. The normalized spacial score (nSPS) is 21.0. The van der Waals surface area contributed by atoms with Gasteiger partial charge in [0.25, 0.3) is 0 Å². The highest BCUT2D eigenvalue weighted by Gasteiger charge is 2.19. The molecule has 0 spiro atoms. The van der Waals surface area contributed by atoms with Crippen molar-refractivity contribution in [2.45, 2.75) is 18.9 Å². The summed E-state index contributed by atoms with van der Waals surface area (Å²) in [5.74, 6) is -0.0647. The number of carbonyl (C=O) groups is 1. The quantitative estimate of drug-likeness (QED) is 0.691. The maximum atomic E-state index is 11.2. The average molecular weight is 212 g/mol. The van der Waals surface area contributed by atoms with Gasteiger partial charge < -0.3 is 10.4 Å². The van der Waals surface area contributed by atoms with Crippen LogP contribution in [0.5, 0.6) is 0 Å². The molecule has 0 saturated heterocycles. The van der Waals surface area contributed by atoms with E-state index >= 15 is 0 Å². The minimum atomic E-state index is -0.609. The van der Waals surface area contributed by atoms with Crippen molar-refractivity contribution in [2.24, 2.45) is 0 Å². The van der Waals surface area contributed by atoms with Gasteiger partial charge in [0.05, 0.1) is 6.10 Å². The number of fused-ring (bicyclic) bond motifs is 1. The van der Waals surface area contributed by atoms with E-state index in [-0.39, 0.29) is 5.91 Å². The lowest BCUT2D eigenvalue weighted by molar-refractivity contribution is -0.116. The molecule has 1 aromatic carbocycles. The smallest absolute Gasteiger partial charge is 0.224 e. The second-order valence-electron chi connectivity index (χ2n) is 3.33. The first-order valence-corrected chi connectivity index (χ1v) is 4.82. The van der Waals surface area contributed by atoms with E-state index in [0.717, 1.165) is 0 Å². The molecule has 0 saturated carbocycles. The molecule has 1 amide bonds. The Morgan fingerprint density at radius 2 is 2.29 bits per heavy atom. The molecule has 1 aliphatic heterocycles. The summed E-state index contributed by atoms with van der Waals surface area (Å²) in [5.41, 5.74) is 1.35. The molecule has 2 N–H and O–H groups in total. The lowest BCUT2D eigenvalue weighted by Gasteiger charge is -2.10. The number of anilines is 1. The topological polar surface area (TPSA) is 49.3 Å². The number of carbonyl (C=O) groups excluding carboxylic acids is 1. The molecule has 0 bridgehead atoms. The van der Waals surface area contributed by atoms with Crippen LogP contribution in [0.2, 0.25) is 5.02 Å². The summed E-state index contributed by atoms with van der Waals surface area (Å²) in [6.07, 6.45) is 0.176. The number of hydrogen-bond acceptors (Lipinski definition) is 2. The molecule has 2 rings (SSSR count). The van der Waals surface area contributed by atoms with Crippen molar-refractivity contribution >= 4 is 23.2 Å². The fourth-order valence-corrected chi connectivity index (χ4v) is 1.74. The Morgan fingerprint density at radius 1 is 1.50 bits per heavy atom. The van der Waals surface area contributed by atoms with Crippen molar-refractivity contribution in [3.63, 3.8) is 0 Å². The summed E-state index contributed by atoms with van der Waals surface area (Å²) in [6, 6.07) is 5.09. The molecule has 1 heterocycles. The van der Waals surface area contributed by atoms with Crippen molar-refractivity contribution < 1.29 is 9.90 Å². The number of rotatable bonds is 0. The first kappa shape index (κ1) is 9.49. The first-order chi connectivity index (χ1) is 6.66. The summed E-state index contributed by atoms with van der Waals surface area (Å²) < 4.78 is 0. The molecule has 0 aromatic heterocycles. The van der Waals surface area contributed by atoms with Crippen LogP contribution in [0.15, 0.2) is 18.2 Å². The highest BCUT2D eigenvalue weighted by Crippen LogP contribution is 2.31. The number of nitrogens with one attached hydrogen (secondary N) is 1. The Kier molecular flexibility index (Phi) is 2.44. The van der Waals surface area contributed by atoms with Gasteiger partial charge in [-0.3, -0.25) is 4.79 Å². The van der Waals surface area contributed by atoms with Crippen LogP contribution in [0.3, 0.4) is 0 Å². The van der Waals surface area contributed by atoms with Gasteiger partial charge in [0.2, 0.25) is 5.91 Å². The molecule has 0 radical (unpaired) electrons. The fourth-order valence-electron chi connectivity index (χ4n) is 1.56. The van der Waals surface area contributed by atoms with Crippen LogP contribution < -0.4 is 5.32 Å². The maximum Gasteiger partial charge on any atom is 0.224 e. The Balaban J connectivity index is 2.46. The third-order valence-electron chi connectivity index (χ3n) is 2.29. The minimum absolute atomic E-state index is 0.0647. The molecule has 1 aromatic rings. The van der Waals surface area contributed by atoms with Crippen LogP contribution in [0.4, 0.5) is 5.69 Å².